The van der Waals surface area contributed by atoms with Gasteiger partial charge in [-0.25, -0.2) is 0 Å². The maximum Gasteiger partial charge on any atom is -0.0203 e. The van der Waals surface area contributed by atoms with Gasteiger partial charge in [-0.15, -0.1) is 0 Å². The van der Waals surface area contributed by atoms with Crippen LogP contribution in [-0.2, 0) is 0 Å². The van der Waals surface area contributed by atoms with Crippen LogP contribution >= 0.6 is 0 Å². The van der Waals surface area contributed by atoms with Crippen molar-refractivity contribution in [3.63, 3.8) is 0 Å². The van der Waals surface area contributed by atoms with E-state index in [1.165, 1.54) is 77.0 Å². The second kappa shape index (κ2) is 6.47. The SMILES string of the molecule is C=C(C1CCCCCC1)C1CCCCCC1. The van der Waals surface area contributed by atoms with Crippen LogP contribution in [0, 0.1) is 11.8 Å². The fourth-order valence-corrected chi connectivity index (χ4v) is 3.63. The summed E-state index contributed by atoms with van der Waals surface area (Å²) in [5.74, 6) is 1.76. The van der Waals surface area contributed by atoms with Crippen molar-refractivity contribution >= 4 is 0 Å². The summed E-state index contributed by atoms with van der Waals surface area (Å²) in [5, 5.41) is 0. The fourth-order valence-electron chi connectivity index (χ4n) is 3.63. The third-order valence-corrected chi connectivity index (χ3v) is 4.76. The Morgan fingerprint density at radius 3 is 1.19 bits per heavy atom. The molecule has 2 rings (SSSR count). The lowest BCUT2D eigenvalue weighted by Crippen LogP contribution is -2.12. The molecule has 0 N–H and O–H groups in total. The Morgan fingerprint density at radius 2 is 0.875 bits per heavy atom. The van der Waals surface area contributed by atoms with Crippen LogP contribution in [0.3, 0.4) is 0 Å². The van der Waals surface area contributed by atoms with Gasteiger partial charge in [-0.2, -0.15) is 0 Å². The molecule has 2 aliphatic rings. The normalized spacial score (nSPS) is 26.0. The molecule has 0 aromatic heterocycles. The summed E-state index contributed by atoms with van der Waals surface area (Å²) in [6.45, 7) is 4.49. The fraction of sp³-hybridized carbons (Fsp3) is 0.875. The summed E-state index contributed by atoms with van der Waals surface area (Å²) in [6.07, 6.45) is 17.4. The molecule has 0 aliphatic heterocycles. The first-order valence-electron chi connectivity index (χ1n) is 7.56. The minimum atomic E-state index is 0.880. The quantitative estimate of drug-likeness (QED) is 0.427. The molecule has 0 heterocycles. The topological polar surface area (TPSA) is 0 Å². The largest absolute Gasteiger partial charge is 0.0993 e. The Bertz CT molecular complexity index is 178. The average Bonchev–Trinajstić information content (AvgIpc) is 2.73. The van der Waals surface area contributed by atoms with Crippen molar-refractivity contribution < 1.29 is 0 Å². The molecule has 16 heavy (non-hydrogen) atoms. The van der Waals surface area contributed by atoms with E-state index >= 15 is 0 Å². The zero-order valence-electron chi connectivity index (χ0n) is 10.8. The summed E-state index contributed by atoms with van der Waals surface area (Å²) < 4.78 is 0. The van der Waals surface area contributed by atoms with Crippen molar-refractivity contribution in [2.45, 2.75) is 77.0 Å². The Kier molecular flexibility index (Phi) is 4.93. The van der Waals surface area contributed by atoms with Gasteiger partial charge < -0.3 is 0 Å². The molecule has 92 valence electrons. The van der Waals surface area contributed by atoms with E-state index in [0.29, 0.717) is 0 Å². The first-order valence-corrected chi connectivity index (χ1v) is 7.56. The molecule has 0 amide bonds. The van der Waals surface area contributed by atoms with Gasteiger partial charge >= 0.3 is 0 Å². The number of rotatable bonds is 2. The highest BCUT2D eigenvalue weighted by Gasteiger charge is 2.22. The Balaban J connectivity index is 1.88. The van der Waals surface area contributed by atoms with E-state index in [0.717, 1.165) is 11.8 Å². The Hall–Kier alpha value is -0.260. The molecule has 0 radical (unpaired) electrons. The second-order valence-electron chi connectivity index (χ2n) is 5.95. The lowest BCUT2D eigenvalue weighted by molar-refractivity contribution is 0.425. The number of hydrogen-bond acceptors (Lipinski definition) is 0. The lowest BCUT2D eigenvalue weighted by atomic mass is 9.81. The number of hydrogen-bond donors (Lipinski definition) is 0. The van der Waals surface area contributed by atoms with Gasteiger partial charge in [-0.3, -0.25) is 0 Å². The molecule has 0 nitrogen and oxygen atoms in total. The van der Waals surface area contributed by atoms with Crippen molar-refractivity contribution in [1.29, 1.82) is 0 Å². The maximum absolute atomic E-state index is 4.49. The van der Waals surface area contributed by atoms with Gasteiger partial charge in [0.2, 0.25) is 0 Å². The van der Waals surface area contributed by atoms with Gasteiger partial charge in [0.05, 0.1) is 0 Å². The van der Waals surface area contributed by atoms with Crippen molar-refractivity contribution in [2.75, 3.05) is 0 Å². The maximum atomic E-state index is 4.49. The molecular formula is C16H28. The highest BCUT2D eigenvalue weighted by molar-refractivity contribution is 5.06. The number of allylic oxidation sites excluding steroid dienone is 1. The minimum absolute atomic E-state index is 0.880. The molecule has 0 unspecified atom stereocenters. The van der Waals surface area contributed by atoms with Gasteiger partial charge in [0.25, 0.3) is 0 Å². The average molecular weight is 220 g/mol. The van der Waals surface area contributed by atoms with Crippen LogP contribution in [0.4, 0.5) is 0 Å². The van der Waals surface area contributed by atoms with Crippen LogP contribution in [0.5, 0.6) is 0 Å². The van der Waals surface area contributed by atoms with Crippen molar-refractivity contribution in [1.82, 2.24) is 0 Å². The Morgan fingerprint density at radius 1 is 0.562 bits per heavy atom. The highest BCUT2D eigenvalue weighted by Crippen LogP contribution is 2.37. The van der Waals surface area contributed by atoms with E-state index in [9.17, 15) is 0 Å². The van der Waals surface area contributed by atoms with Crippen LogP contribution in [0.25, 0.3) is 0 Å². The molecule has 0 heteroatoms. The molecule has 2 fully saturated rings. The lowest BCUT2D eigenvalue weighted by Gasteiger charge is -2.25. The van der Waals surface area contributed by atoms with Crippen molar-refractivity contribution in [3.8, 4) is 0 Å². The molecule has 0 aromatic carbocycles. The first-order chi connectivity index (χ1) is 7.88. The summed E-state index contributed by atoms with van der Waals surface area (Å²) in [4.78, 5) is 0. The highest BCUT2D eigenvalue weighted by atomic mass is 14.3. The molecule has 0 saturated heterocycles. The minimum Gasteiger partial charge on any atom is -0.0993 e. The summed E-state index contributed by atoms with van der Waals surface area (Å²) in [6, 6.07) is 0. The van der Waals surface area contributed by atoms with E-state index in [1.54, 1.807) is 5.57 Å². The standard InChI is InChI=1S/C16H28/c1-14(15-10-6-2-3-7-11-15)16-12-8-4-5-9-13-16/h15-16H,1-13H2. The molecule has 0 bridgehead atoms. The van der Waals surface area contributed by atoms with Gasteiger partial charge in [0.1, 0.15) is 0 Å². The third-order valence-electron chi connectivity index (χ3n) is 4.76. The monoisotopic (exact) mass is 220 g/mol. The van der Waals surface area contributed by atoms with Gasteiger partial charge in [-0.1, -0.05) is 63.5 Å². The summed E-state index contributed by atoms with van der Waals surface area (Å²) in [7, 11) is 0. The predicted octanol–water partition coefficient (Wildman–Crippen LogP) is 5.48. The molecule has 2 saturated carbocycles. The molecule has 0 atom stereocenters. The van der Waals surface area contributed by atoms with Crippen LogP contribution < -0.4 is 0 Å². The zero-order chi connectivity index (χ0) is 11.2. The van der Waals surface area contributed by atoms with Crippen molar-refractivity contribution in [2.24, 2.45) is 11.8 Å². The third kappa shape index (κ3) is 3.37. The van der Waals surface area contributed by atoms with E-state index in [4.69, 9.17) is 0 Å². The summed E-state index contributed by atoms with van der Waals surface area (Å²) >= 11 is 0. The molecule has 0 spiro atoms. The van der Waals surface area contributed by atoms with Crippen LogP contribution in [0.1, 0.15) is 77.0 Å². The zero-order valence-corrected chi connectivity index (χ0v) is 10.8. The smallest absolute Gasteiger partial charge is 0.0203 e. The summed E-state index contributed by atoms with van der Waals surface area (Å²) in [5.41, 5.74) is 1.64. The van der Waals surface area contributed by atoms with Crippen LogP contribution in [0.15, 0.2) is 12.2 Å². The van der Waals surface area contributed by atoms with E-state index in [2.05, 4.69) is 6.58 Å². The van der Waals surface area contributed by atoms with Crippen molar-refractivity contribution in [3.05, 3.63) is 12.2 Å². The molecule has 0 aromatic rings. The van der Waals surface area contributed by atoms with E-state index in [1.807, 2.05) is 0 Å². The van der Waals surface area contributed by atoms with Gasteiger partial charge in [0, 0.05) is 0 Å². The Labute approximate surface area is 102 Å². The second-order valence-corrected chi connectivity index (χ2v) is 5.95. The molecular weight excluding hydrogens is 192 g/mol. The first kappa shape index (κ1) is 12.2. The molecule has 2 aliphatic carbocycles. The van der Waals surface area contributed by atoms with Gasteiger partial charge in [-0.05, 0) is 37.5 Å². The van der Waals surface area contributed by atoms with E-state index in [-0.39, 0.29) is 0 Å². The van der Waals surface area contributed by atoms with Gasteiger partial charge in [0.15, 0.2) is 0 Å². The van der Waals surface area contributed by atoms with E-state index < -0.39 is 0 Å². The van der Waals surface area contributed by atoms with Crippen LogP contribution in [0.2, 0.25) is 0 Å². The predicted molar refractivity (Wildman–Crippen MR) is 71.5 cm³/mol. The van der Waals surface area contributed by atoms with Crippen LogP contribution in [-0.4, -0.2) is 0 Å².